The topological polar surface area (TPSA) is 150 Å². The number of nitrogens with one attached hydrogen (secondary N) is 4. The SMILES string of the molecule is CC[C@H](C)[C@H](NC(=O)OC(C)(C)C)C(=O)N[C@H](C(=O)N[C@@H](Cc1c[nH]c2ccccc12)C(=O)O)[C@@H](C)CC. The molecule has 1 aromatic heterocycles. The summed E-state index contributed by atoms with van der Waals surface area (Å²) >= 11 is 0. The predicted octanol–water partition coefficient (Wildman–Crippen LogP) is 3.75. The summed E-state index contributed by atoms with van der Waals surface area (Å²) in [6, 6.07) is 4.39. The highest BCUT2D eigenvalue weighted by molar-refractivity contribution is 5.93. The Balaban J connectivity index is 2.21. The van der Waals surface area contributed by atoms with E-state index in [0.29, 0.717) is 12.8 Å². The minimum atomic E-state index is -1.20. The summed E-state index contributed by atoms with van der Waals surface area (Å²) in [5.74, 6) is -2.84. The van der Waals surface area contributed by atoms with Crippen molar-refractivity contribution >= 4 is 34.8 Å². The molecule has 38 heavy (non-hydrogen) atoms. The maximum Gasteiger partial charge on any atom is 0.408 e. The normalized spacial score (nSPS) is 15.6. The van der Waals surface area contributed by atoms with Gasteiger partial charge < -0.3 is 30.8 Å². The summed E-state index contributed by atoms with van der Waals surface area (Å²) in [6.45, 7) is 12.6. The fraction of sp³-hybridized carbons (Fsp3) is 0.571. The molecule has 0 radical (unpaired) electrons. The van der Waals surface area contributed by atoms with Crippen LogP contribution >= 0.6 is 0 Å². The van der Waals surface area contributed by atoms with Crippen LogP contribution in [0.3, 0.4) is 0 Å². The first-order valence-corrected chi connectivity index (χ1v) is 13.1. The van der Waals surface area contributed by atoms with Gasteiger partial charge in [0, 0.05) is 23.5 Å². The van der Waals surface area contributed by atoms with Gasteiger partial charge in [0.15, 0.2) is 0 Å². The van der Waals surface area contributed by atoms with Crippen LogP contribution in [0, 0.1) is 11.8 Å². The second-order valence-corrected chi connectivity index (χ2v) is 10.8. The molecular weight excluding hydrogens is 488 g/mol. The molecule has 5 atom stereocenters. The Hall–Kier alpha value is -3.56. The number of aromatic nitrogens is 1. The van der Waals surface area contributed by atoms with Crippen molar-refractivity contribution < 1.29 is 29.0 Å². The second kappa shape index (κ2) is 13.3. The minimum absolute atomic E-state index is 0.0714. The van der Waals surface area contributed by atoms with E-state index in [1.54, 1.807) is 33.9 Å². The molecule has 1 heterocycles. The van der Waals surface area contributed by atoms with Gasteiger partial charge in [-0.15, -0.1) is 0 Å². The number of carboxylic acid groups (broad SMARTS) is 1. The molecule has 0 aliphatic heterocycles. The highest BCUT2D eigenvalue weighted by atomic mass is 16.6. The van der Waals surface area contributed by atoms with Crippen LogP contribution in [0.5, 0.6) is 0 Å². The van der Waals surface area contributed by atoms with Crippen LogP contribution in [0.4, 0.5) is 4.79 Å². The number of alkyl carbamates (subject to hydrolysis) is 1. The Labute approximate surface area is 224 Å². The summed E-state index contributed by atoms with van der Waals surface area (Å²) < 4.78 is 5.32. The van der Waals surface area contributed by atoms with E-state index in [1.807, 2.05) is 45.0 Å². The van der Waals surface area contributed by atoms with Crippen molar-refractivity contribution in [2.45, 2.75) is 91.5 Å². The van der Waals surface area contributed by atoms with Gasteiger partial charge in [-0.3, -0.25) is 9.59 Å². The maximum absolute atomic E-state index is 13.3. The quantitative estimate of drug-likeness (QED) is 0.282. The number of ether oxygens (including phenoxy) is 1. The van der Waals surface area contributed by atoms with E-state index in [1.165, 1.54) is 0 Å². The van der Waals surface area contributed by atoms with Crippen LogP contribution in [0.2, 0.25) is 0 Å². The van der Waals surface area contributed by atoms with E-state index < -0.39 is 47.6 Å². The number of carbonyl (C=O) groups excluding carboxylic acids is 3. The lowest BCUT2D eigenvalue weighted by molar-refractivity contribution is -0.142. The largest absolute Gasteiger partial charge is 0.480 e. The zero-order valence-corrected chi connectivity index (χ0v) is 23.4. The number of amides is 3. The fourth-order valence-corrected chi connectivity index (χ4v) is 4.06. The Bertz CT molecular complexity index is 1120. The van der Waals surface area contributed by atoms with Crippen LogP contribution in [0.1, 0.15) is 66.9 Å². The number of benzene rings is 1. The van der Waals surface area contributed by atoms with Crippen molar-refractivity contribution in [3.63, 3.8) is 0 Å². The van der Waals surface area contributed by atoms with Crippen molar-refractivity contribution in [1.29, 1.82) is 0 Å². The number of para-hydroxylation sites is 1. The number of carbonyl (C=O) groups is 4. The van der Waals surface area contributed by atoms with Crippen LogP contribution < -0.4 is 16.0 Å². The molecule has 10 nitrogen and oxygen atoms in total. The van der Waals surface area contributed by atoms with E-state index in [4.69, 9.17) is 4.74 Å². The van der Waals surface area contributed by atoms with Gasteiger partial charge in [-0.25, -0.2) is 9.59 Å². The van der Waals surface area contributed by atoms with Crippen molar-refractivity contribution in [1.82, 2.24) is 20.9 Å². The number of H-pyrrole nitrogens is 1. The third kappa shape index (κ3) is 8.49. The average molecular weight is 531 g/mol. The van der Waals surface area contributed by atoms with E-state index >= 15 is 0 Å². The molecule has 0 aliphatic rings. The number of hydrogen-bond donors (Lipinski definition) is 5. The van der Waals surface area contributed by atoms with Gasteiger partial charge in [0.2, 0.25) is 11.8 Å². The predicted molar refractivity (Wildman–Crippen MR) is 146 cm³/mol. The number of rotatable bonds is 12. The van der Waals surface area contributed by atoms with Gasteiger partial charge in [-0.1, -0.05) is 58.7 Å². The molecule has 0 bridgehead atoms. The number of aromatic amines is 1. The zero-order chi connectivity index (χ0) is 28.6. The van der Waals surface area contributed by atoms with Gasteiger partial charge in [-0.2, -0.15) is 0 Å². The van der Waals surface area contributed by atoms with E-state index in [2.05, 4.69) is 20.9 Å². The third-order valence-corrected chi connectivity index (χ3v) is 6.67. The molecule has 0 fully saturated rings. The lowest BCUT2D eigenvalue weighted by Gasteiger charge is -2.30. The number of hydrogen-bond acceptors (Lipinski definition) is 5. The summed E-state index contributed by atoms with van der Waals surface area (Å²) in [6.07, 6.45) is 2.24. The number of aliphatic carboxylic acids is 1. The number of carboxylic acids is 1. The Morgan fingerprint density at radius 3 is 2.03 bits per heavy atom. The van der Waals surface area contributed by atoms with Gasteiger partial charge in [0.25, 0.3) is 0 Å². The first-order chi connectivity index (χ1) is 17.8. The number of fused-ring (bicyclic) bond motifs is 1. The molecular formula is C28H42N4O6. The average Bonchev–Trinajstić information content (AvgIpc) is 3.25. The third-order valence-electron chi connectivity index (χ3n) is 6.67. The van der Waals surface area contributed by atoms with Crippen LogP contribution in [-0.4, -0.2) is 57.7 Å². The lowest BCUT2D eigenvalue weighted by atomic mass is 9.94. The van der Waals surface area contributed by atoms with Crippen molar-refractivity contribution in [2.24, 2.45) is 11.8 Å². The first-order valence-electron chi connectivity index (χ1n) is 13.1. The maximum atomic E-state index is 13.3. The molecule has 2 aromatic rings. The van der Waals surface area contributed by atoms with E-state index in [9.17, 15) is 24.3 Å². The summed E-state index contributed by atoms with van der Waals surface area (Å²) in [5.41, 5.74) is 0.892. The summed E-state index contributed by atoms with van der Waals surface area (Å²) in [4.78, 5) is 54.3. The standard InChI is InChI=1S/C28H42N4O6/c1-8-16(3)22(31-25(34)23(17(4)9-2)32-27(37)38-28(5,6)7)24(33)30-21(26(35)36)14-18-15-29-20-13-11-10-12-19(18)20/h10-13,15-17,21-23,29H,8-9,14H2,1-7H3,(H,30,33)(H,31,34)(H,32,37)(H,35,36)/t16-,17-,21-,22-,23-/m0/s1. The Morgan fingerprint density at radius 2 is 1.47 bits per heavy atom. The van der Waals surface area contributed by atoms with Gasteiger partial charge in [0.05, 0.1) is 0 Å². The van der Waals surface area contributed by atoms with E-state index in [0.717, 1.165) is 16.5 Å². The van der Waals surface area contributed by atoms with Crippen molar-refractivity contribution in [3.8, 4) is 0 Å². The molecule has 1 aromatic carbocycles. The van der Waals surface area contributed by atoms with Crippen molar-refractivity contribution in [2.75, 3.05) is 0 Å². The van der Waals surface area contributed by atoms with Crippen LogP contribution in [0.15, 0.2) is 30.5 Å². The highest BCUT2D eigenvalue weighted by Gasteiger charge is 2.34. The molecule has 2 rings (SSSR count). The molecule has 0 spiro atoms. The molecule has 5 N–H and O–H groups in total. The second-order valence-electron chi connectivity index (χ2n) is 10.8. The van der Waals surface area contributed by atoms with Crippen LogP contribution in [0.25, 0.3) is 10.9 Å². The monoisotopic (exact) mass is 530 g/mol. The molecule has 210 valence electrons. The van der Waals surface area contributed by atoms with Gasteiger partial charge in [-0.05, 0) is 44.2 Å². The van der Waals surface area contributed by atoms with Gasteiger partial charge >= 0.3 is 12.1 Å². The van der Waals surface area contributed by atoms with Crippen molar-refractivity contribution in [3.05, 3.63) is 36.0 Å². The molecule has 0 saturated heterocycles. The first kappa shape index (κ1) is 30.7. The molecule has 0 aliphatic carbocycles. The Kier molecular flexibility index (Phi) is 10.7. The smallest absolute Gasteiger partial charge is 0.408 e. The summed E-state index contributed by atoms with van der Waals surface area (Å²) in [7, 11) is 0. The lowest BCUT2D eigenvalue weighted by Crippen LogP contribution is -2.59. The fourth-order valence-electron chi connectivity index (χ4n) is 4.06. The Morgan fingerprint density at radius 1 is 0.921 bits per heavy atom. The summed E-state index contributed by atoms with van der Waals surface area (Å²) in [5, 5.41) is 18.7. The molecule has 3 amide bonds. The molecule has 0 unspecified atom stereocenters. The zero-order valence-electron chi connectivity index (χ0n) is 23.4. The van der Waals surface area contributed by atoms with Crippen LogP contribution in [-0.2, 0) is 25.5 Å². The minimum Gasteiger partial charge on any atom is -0.480 e. The molecule has 10 heteroatoms. The van der Waals surface area contributed by atoms with Gasteiger partial charge in [0.1, 0.15) is 23.7 Å². The molecule has 0 saturated carbocycles. The highest BCUT2D eigenvalue weighted by Crippen LogP contribution is 2.20. The van der Waals surface area contributed by atoms with E-state index in [-0.39, 0.29) is 18.3 Å².